The third-order valence-corrected chi connectivity index (χ3v) is 4.25. The van der Waals surface area contributed by atoms with Gasteiger partial charge in [0.15, 0.2) is 0 Å². The number of amides is 2. The van der Waals surface area contributed by atoms with Gasteiger partial charge in [-0.05, 0) is 48.7 Å². The maximum absolute atomic E-state index is 12.3. The fourth-order valence-corrected chi connectivity index (χ4v) is 2.64. The number of rotatable bonds is 6. The van der Waals surface area contributed by atoms with E-state index in [1.165, 1.54) is 0 Å². The molecule has 0 bridgehead atoms. The van der Waals surface area contributed by atoms with Crippen LogP contribution < -0.4 is 10.6 Å². The van der Waals surface area contributed by atoms with Crippen LogP contribution in [0.1, 0.15) is 41.0 Å². The molecule has 0 radical (unpaired) electrons. The number of anilines is 1. The normalized spacial score (nSPS) is 10.6. The highest BCUT2D eigenvalue weighted by atomic mass is 35.5. The molecule has 4 nitrogen and oxygen atoms in total. The topological polar surface area (TPSA) is 58.2 Å². The van der Waals surface area contributed by atoms with Crippen LogP contribution in [0.2, 0.25) is 10.0 Å². The third-order valence-electron chi connectivity index (χ3n) is 3.62. The van der Waals surface area contributed by atoms with Crippen molar-refractivity contribution in [2.75, 3.05) is 11.9 Å². The minimum absolute atomic E-state index is 0.151. The van der Waals surface area contributed by atoms with Gasteiger partial charge in [0.1, 0.15) is 0 Å². The minimum atomic E-state index is -0.346. The van der Waals surface area contributed by atoms with E-state index in [9.17, 15) is 9.59 Å². The van der Waals surface area contributed by atoms with Crippen molar-refractivity contribution >= 4 is 40.7 Å². The Balaban J connectivity index is 2.01. The van der Waals surface area contributed by atoms with Crippen LogP contribution in [0.15, 0.2) is 42.5 Å². The number of carbonyl (C=O) groups excluding carboxylic acids is 2. The standard InChI is InChI=1S/C19H20Cl2N2O2/c1-12(2)10-11-22-18(24)13-6-8-14(9-7-13)19(25)23-17-15(20)4-3-5-16(17)21/h3-9,12H,10-11H2,1-2H3,(H,22,24)(H,23,25). The molecule has 0 atom stereocenters. The Hall–Kier alpha value is -2.04. The Morgan fingerprint density at radius 1 is 0.920 bits per heavy atom. The van der Waals surface area contributed by atoms with E-state index in [0.717, 1.165) is 6.42 Å². The molecule has 0 unspecified atom stereocenters. The van der Waals surface area contributed by atoms with Crippen LogP contribution in [0.25, 0.3) is 0 Å². The van der Waals surface area contributed by atoms with Crippen LogP contribution in [0.5, 0.6) is 0 Å². The van der Waals surface area contributed by atoms with E-state index in [0.29, 0.717) is 39.3 Å². The molecule has 2 aromatic rings. The van der Waals surface area contributed by atoms with Crippen LogP contribution >= 0.6 is 23.2 Å². The van der Waals surface area contributed by atoms with Gasteiger partial charge in [-0.3, -0.25) is 9.59 Å². The second kappa shape index (κ2) is 8.88. The van der Waals surface area contributed by atoms with Gasteiger partial charge in [-0.25, -0.2) is 0 Å². The summed E-state index contributed by atoms with van der Waals surface area (Å²) >= 11 is 12.1. The zero-order chi connectivity index (χ0) is 18.4. The van der Waals surface area contributed by atoms with Gasteiger partial charge < -0.3 is 10.6 Å². The summed E-state index contributed by atoms with van der Waals surface area (Å²) in [4.78, 5) is 24.4. The van der Waals surface area contributed by atoms with Crippen molar-refractivity contribution in [1.29, 1.82) is 0 Å². The van der Waals surface area contributed by atoms with Crippen LogP contribution in [0.4, 0.5) is 5.69 Å². The molecule has 2 amide bonds. The molecule has 6 heteroatoms. The lowest BCUT2D eigenvalue weighted by atomic mass is 10.1. The van der Waals surface area contributed by atoms with Crippen molar-refractivity contribution in [2.24, 2.45) is 5.92 Å². The molecule has 0 spiro atoms. The van der Waals surface area contributed by atoms with E-state index in [4.69, 9.17) is 23.2 Å². The first-order chi connectivity index (χ1) is 11.9. The van der Waals surface area contributed by atoms with E-state index in [-0.39, 0.29) is 11.8 Å². The van der Waals surface area contributed by atoms with E-state index in [1.54, 1.807) is 42.5 Å². The monoisotopic (exact) mass is 378 g/mol. The average molecular weight is 379 g/mol. The Bertz CT molecular complexity index is 738. The summed E-state index contributed by atoms with van der Waals surface area (Å²) in [5.41, 5.74) is 1.29. The van der Waals surface area contributed by atoms with E-state index >= 15 is 0 Å². The van der Waals surface area contributed by atoms with Crippen molar-refractivity contribution < 1.29 is 9.59 Å². The molecule has 0 fully saturated rings. The molecule has 0 aliphatic heterocycles. The molecule has 0 saturated heterocycles. The summed E-state index contributed by atoms with van der Waals surface area (Å²) in [5.74, 6) is 0.0338. The Morgan fingerprint density at radius 3 is 1.96 bits per heavy atom. The molecule has 0 heterocycles. The molecule has 25 heavy (non-hydrogen) atoms. The maximum Gasteiger partial charge on any atom is 0.255 e. The molecule has 0 saturated carbocycles. The van der Waals surface area contributed by atoms with Gasteiger partial charge >= 0.3 is 0 Å². The molecular weight excluding hydrogens is 359 g/mol. The SMILES string of the molecule is CC(C)CCNC(=O)c1ccc(C(=O)Nc2c(Cl)cccc2Cl)cc1. The van der Waals surface area contributed by atoms with Crippen molar-refractivity contribution in [3.63, 3.8) is 0 Å². The smallest absolute Gasteiger partial charge is 0.255 e. The first kappa shape index (κ1) is 19.3. The summed E-state index contributed by atoms with van der Waals surface area (Å²) < 4.78 is 0. The Morgan fingerprint density at radius 2 is 1.44 bits per heavy atom. The van der Waals surface area contributed by atoms with Crippen LogP contribution in [-0.2, 0) is 0 Å². The number of para-hydroxylation sites is 1. The second-order valence-corrected chi connectivity index (χ2v) is 6.88. The van der Waals surface area contributed by atoms with Gasteiger partial charge in [0.25, 0.3) is 11.8 Å². The molecule has 132 valence electrons. The van der Waals surface area contributed by atoms with Gasteiger partial charge in [-0.1, -0.05) is 43.1 Å². The largest absolute Gasteiger partial charge is 0.352 e. The number of benzene rings is 2. The summed E-state index contributed by atoms with van der Waals surface area (Å²) in [7, 11) is 0. The molecule has 2 rings (SSSR count). The first-order valence-corrected chi connectivity index (χ1v) is 8.77. The lowest BCUT2D eigenvalue weighted by Gasteiger charge is -2.10. The molecule has 2 N–H and O–H groups in total. The van der Waals surface area contributed by atoms with Gasteiger partial charge in [0, 0.05) is 17.7 Å². The zero-order valence-corrected chi connectivity index (χ0v) is 15.6. The molecule has 0 aliphatic rings. The number of halogens is 2. The highest BCUT2D eigenvalue weighted by Gasteiger charge is 2.12. The fraction of sp³-hybridized carbons (Fsp3) is 0.263. The van der Waals surface area contributed by atoms with Gasteiger partial charge in [0.2, 0.25) is 0 Å². The number of nitrogens with one attached hydrogen (secondary N) is 2. The Labute approximate surface area is 157 Å². The van der Waals surface area contributed by atoms with E-state index in [2.05, 4.69) is 24.5 Å². The zero-order valence-electron chi connectivity index (χ0n) is 14.1. The fourth-order valence-electron chi connectivity index (χ4n) is 2.15. The van der Waals surface area contributed by atoms with Crippen molar-refractivity contribution in [3.05, 3.63) is 63.6 Å². The van der Waals surface area contributed by atoms with Gasteiger partial charge in [0.05, 0.1) is 15.7 Å². The summed E-state index contributed by atoms with van der Waals surface area (Å²) in [6.07, 6.45) is 0.921. The summed E-state index contributed by atoms with van der Waals surface area (Å²) in [6, 6.07) is 11.4. The molecular formula is C19H20Cl2N2O2. The highest BCUT2D eigenvalue weighted by Crippen LogP contribution is 2.30. The van der Waals surface area contributed by atoms with Crippen molar-refractivity contribution in [1.82, 2.24) is 5.32 Å². The van der Waals surface area contributed by atoms with E-state index < -0.39 is 0 Å². The first-order valence-electron chi connectivity index (χ1n) is 8.02. The predicted octanol–water partition coefficient (Wildman–Crippen LogP) is 5.02. The van der Waals surface area contributed by atoms with Crippen molar-refractivity contribution in [3.8, 4) is 0 Å². The van der Waals surface area contributed by atoms with Crippen LogP contribution in [0.3, 0.4) is 0 Å². The molecule has 0 aliphatic carbocycles. The molecule has 2 aromatic carbocycles. The van der Waals surface area contributed by atoms with Gasteiger partial charge in [-0.15, -0.1) is 0 Å². The van der Waals surface area contributed by atoms with Crippen molar-refractivity contribution in [2.45, 2.75) is 20.3 Å². The number of hydrogen-bond acceptors (Lipinski definition) is 2. The number of hydrogen-bond donors (Lipinski definition) is 2. The second-order valence-electron chi connectivity index (χ2n) is 6.07. The summed E-state index contributed by atoms with van der Waals surface area (Å²) in [6.45, 7) is 4.83. The van der Waals surface area contributed by atoms with E-state index in [1.807, 2.05) is 0 Å². The maximum atomic E-state index is 12.3. The molecule has 0 aromatic heterocycles. The van der Waals surface area contributed by atoms with Crippen LogP contribution in [-0.4, -0.2) is 18.4 Å². The highest BCUT2D eigenvalue weighted by molar-refractivity contribution is 6.40. The lowest BCUT2D eigenvalue weighted by molar-refractivity contribution is 0.0950. The number of carbonyl (C=O) groups is 2. The van der Waals surface area contributed by atoms with Crippen LogP contribution in [0, 0.1) is 5.92 Å². The third kappa shape index (κ3) is 5.48. The minimum Gasteiger partial charge on any atom is -0.352 e. The quantitative estimate of drug-likeness (QED) is 0.740. The lowest BCUT2D eigenvalue weighted by Crippen LogP contribution is -2.25. The Kier molecular flexibility index (Phi) is 6.85. The predicted molar refractivity (Wildman–Crippen MR) is 103 cm³/mol. The van der Waals surface area contributed by atoms with Gasteiger partial charge in [-0.2, -0.15) is 0 Å². The average Bonchev–Trinajstić information content (AvgIpc) is 2.58. The summed E-state index contributed by atoms with van der Waals surface area (Å²) in [5, 5.41) is 6.27.